The van der Waals surface area contributed by atoms with Gasteiger partial charge in [-0.1, -0.05) is 13.0 Å². The van der Waals surface area contributed by atoms with Crippen LogP contribution in [0, 0.1) is 17.6 Å². The number of halogens is 3. The maximum atomic E-state index is 13.1. The number of rotatable bonds is 7. The van der Waals surface area contributed by atoms with Gasteiger partial charge in [-0.15, -0.1) is 12.4 Å². The van der Waals surface area contributed by atoms with Crippen LogP contribution in [0.4, 0.5) is 8.78 Å². The van der Waals surface area contributed by atoms with Crippen molar-refractivity contribution in [3.8, 4) is 0 Å². The van der Waals surface area contributed by atoms with E-state index in [0.29, 0.717) is 25.2 Å². The summed E-state index contributed by atoms with van der Waals surface area (Å²) in [6, 6.07) is 3.93. The van der Waals surface area contributed by atoms with E-state index in [-0.39, 0.29) is 18.3 Å². The lowest BCUT2D eigenvalue weighted by Gasteiger charge is -2.32. The number of hydrogen-bond acceptors (Lipinski definition) is 2. The largest absolute Gasteiger partial charge is 0.343 e. The van der Waals surface area contributed by atoms with Gasteiger partial charge in [-0.3, -0.25) is 4.79 Å². The molecule has 24 heavy (non-hydrogen) atoms. The Kier molecular flexibility index (Phi) is 9.22. The summed E-state index contributed by atoms with van der Waals surface area (Å²) < 4.78 is 26.0. The van der Waals surface area contributed by atoms with E-state index in [4.69, 9.17) is 0 Å². The number of carbonyl (C=O) groups is 1. The molecular formula is C18H27ClF2N2O. The molecule has 0 atom stereocenters. The van der Waals surface area contributed by atoms with Crippen LogP contribution < -0.4 is 5.32 Å². The standard InChI is InChI=1S/C18H26F2N2O.ClH/c1-2-21-13-15-8-10-22(11-9-15)18(23)5-3-4-14-6-7-16(19)17(20)12-14;/h6-7,12,15,21H,2-5,8-11,13H2,1H3;1H. The number of hydrogen-bond donors (Lipinski definition) is 1. The zero-order valence-corrected chi connectivity index (χ0v) is 15.0. The number of nitrogens with one attached hydrogen (secondary N) is 1. The van der Waals surface area contributed by atoms with Gasteiger partial charge in [-0.2, -0.15) is 0 Å². The van der Waals surface area contributed by atoms with Gasteiger partial charge in [0.25, 0.3) is 0 Å². The summed E-state index contributed by atoms with van der Waals surface area (Å²) in [5.41, 5.74) is 0.737. The van der Waals surface area contributed by atoms with Gasteiger partial charge in [-0.05, 0) is 62.4 Å². The smallest absolute Gasteiger partial charge is 0.222 e. The lowest BCUT2D eigenvalue weighted by Crippen LogP contribution is -2.40. The highest BCUT2D eigenvalue weighted by Crippen LogP contribution is 2.18. The molecule has 1 fully saturated rings. The monoisotopic (exact) mass is 360 g/mol. The van der Waals surface area contributed by atoms with Crippen molar-refractivity contribution < 1.29 is 13.6 Å². The number of piperidine rings is 1. The maximum absolute atomic E-state index is 13.1. The molecule has 0 bridgehead atoms. The molecule has 0 unspecified atom stereocenters. The van der Waals surface area contributed by atoms with Gasteiger partial charge in [-0.25, -0.2) is 8.78 Å². The molecule has 3 nitrogen and oxygen atoms in total. The van der Waals surface area contributed by atoms with Crippen molar-refractivity contribution >= 4 is 18.3 Å². The second-order valence-electron chi connectivity index (χ2n) is 6.23. The fraction of sp³-hybridized carbons (Fsp3) is 0.611. The summed E-state index contributed by atoms with van der Waals surface area (Å²) in [7, 11) is 0. The normalized spacial score (nSPS) is 15.2. The first-order valence-electron chi connectivity index (χ1n) is 8.52. The number of aryl methyl sites for hydroxylation is 1. The van der Waals surface area contributed by atoms with Crippen molar-refractivity contribution in [2.75, 3.05) is 26.2 Å². The Hall–Kier alpha value is -1.20. The third kappa shape index (κ3) is 6.36. The Balaban J connectivity index is 0.00000288. The number of likely N-dealkylation sites (tertiary alicyclic amines) is 1. The molecule has 1 aromatic rings. The van der Waals surface area contributed by atoms with E-state index in [0.717, 1.165) is 50.7 Å². The van der Waals surface area contributed by atoms with Gasteiger partial charge in [0, 0.05) is 19.5 Å². The number of amides is 1. The molecule has 0 radical (unpaired) electrons. The van der Waals surface area contributed by atoms with Crippen molar-refractivity contribution in [2.24, 2.45) is 5.92 Å². The van der Waals surface area contributed by atoms with Crippen LogP contribution in [0.2, 0.25) is 0 Å². The molecule has 136 valence electrons. The molecule has 1 amide bonds. The van der Waals surface area contributed by atoms with E-state index in [9.17, 15) is 13.6 Å². The molecular weight excluding hydrogens is 334 g/mol. The molecule has 6 heteroatoms. The highest BCUT2D eigenvalue weighted by atomic mass is 35.5. The van der Waals surface area contributed by atoms with Crippen LogP contribution in [0.3, 0.4) is 0 Å². The number of nitrogens with zero attached hydrogens (tertiary/aromatic N) is 1. The summed E-state index contributed by atoms with van der Waals surface area (Å²) in [5.74, 6) is -0.808. The lowest BCUT2D eigenvalue weighted by atomic mass is 9.96. The quantitative estimate of drug-likeness (QED) is 0.806. The molecule has 1 aliphatic heterocycles. The molecule has 2 rings (SSSR count). The highest BCUT2D eigenvalue weighted by molar-refractivity contribution is 5.85. The van der Waals surface area contributed by atoms with Crippen LogP contribution in [0.25, 0.3) is 0 Å². The van der Waals surface area contributed by atoms with Crippen molar-refractivity contribution in [1.82, 2.24) is 10.2 Å². The average molecular weight is 361 g/mol. The molecule has 1 saturated heterocycles. The van der Waals surface area contributed by atoms with Crippen LogP contribution in [-0.2, 0) is 11.2 Å². The third-order valence-electron chi connectivity index (χ3n) is 4.49. The van der Waals surface area contributed by atoms with E-state index in [1.54, 1.807) is 6.07 Å². The topological polar surface area (TPSA) is 32.3 Å². The Morgan fingerprint density at radius 2 is 1.96 bits per heavy atom. The first-order chi connectivity index (χ1) is 11.1. The number of carbonyl (C=O) groups excluding carboxylic acids is 1. The Morgan fingerprint density at radius 3 is 2.58 bits per heavy atom. The van der Waals surface area contributed by atoms with Crippen LogP contribution in [-0.4, -0.2) is 37.0 Å². The Bertz CT molecular complexity index is 520. The van der Waals surface area contributed by atoms with Gasteiger partial charge in [0.1, 0.15) is 0 Å². The van der Waals surface area contributed by atoms with Crippen LogP contribution in [0.1, 0.15) is 38.2 Å². The zero-order valence-electron chi connectivity index (χ0n) is 14.2. The van der Waals surface area contributed by atoms with E-state index in [2.05, 4.69) is 12.2 Å². The second kappa shape index (κ2) is 10.6. The minimum absolute atomic E-state index is 0. The fourth-order valence-corrected chi connectivity index (χ4v) is 3.03. The Labute approximate surface area is 149 Å². The van der Waals surface area contributed by atoms with Crippen molar-refractivity contribution in [1.29, 1.82) is 0 Å². The molecule has 0 spiro atoms. The van der Waals surface area contributed by atoms with Gasteiger partial charge >= 0.3 is 0 Å². The zero-order chi connectivity index (χ0) is 16.7. The van der Waals surface area contributed by atoms with Gasteiger partial charge < -0.3 is 10.2 Å². The molecule has 0 aromatic heterocycles. The molecule has 1 N–H and O–H groups in total. The summed E-state index contributed by atoms with van der Waals surface area (Å²) in [5, 5.41) is 3.36. The van der Waals surface area contributed by atoms with Crippen molar-refractivity contribution in [3.05, 3.63) is 35.4 Å². The Morgan fingerprint density at radius 1 is 1.25 bits per heavy atom. The molecule has 1 heterocycles. The average Bonchev–Trinajstić information content (AvgIpc) is 2.56. The molecule has 0 aliphatic carbocycles. The molecule has 0 saturated carbocycles. The number of benzene rings is 1. The second-order valence-corrected chi connectivity index (χ2v) is 6.23. The van der Waals surface area contributed by atoms with Crippen molar-refractivity contribution in [3.63, 3.8) is 0 Å². The van der Waals surface area contributed by atoms with Gasteiger partial charge in [0.15, 0.2) is 11.6 Å². The van der Waals surface area contributed by atoms with Gasteiger partial charge in [0.2, 0.25) is 5.91 Å². The lowest BCUT2D eigenvalue weighted by molar-refractivity contribution is -0.132. The third-order valence-corrected chi connectivity index (χ3v) is 4.49. The highest BCUT2D eigenvalue weighted by Gasteiger charge is 2.21. The van der Waals surface area contributed by atoms with Crippen molar-refractivity contribution in [2.45, 2.75) is 39.0 Å². The predicted molar refractivity (Wildman–Crippen MR) is 94.4 cm³/mol. The summed E-state index contributed by atoms with van der Waals surface area (Å²) >= 11 is 0. The maximum Gasteiger partial charge on any atom is 0.222 e. The minimum atomic E-state index is -0.828. The first kappa shape index (κ1) is 20.8. The van der Waals surface area contributed by atoms with E-state index in [1.807, 2.05) is 4.90 Å². The van der Waals surface area contributed by atoms with Crippen LogP contribution in [0.5, 0.6) is 0 Å². The van der Waals surface area contributed by atoms with Crippen LogP contribution in [0.15, 0.2) is 18.2 Å². The van der Waals surface area contributed by atoms with E-state index >= 15 is 0 Å². The van der Waals surface area contributed by atoms with Crippen LogP contribution >= 0.6 is 12.4 Å². The molecule has 1 aromatic carbocycles. The summed E-state index contributed by atoms with van der Waals surface area (Å²) in [6.45, 7) is 5.80. The van der Waals surface area contributed by atoms with E-state index in [1.165, 1.54) is 6.07 Å². The minimum Gasteiger partial charge on any atom is -0.343 e. The fourth-order valence-electron chi connectivity index (χ4n) is 3.03. The van der Waals surface area contributed by atoms with Gasteiger partial charge in [0.05, 0.1) is 0 Å². The summed E-state index contributed by atoms with van der Waals surface area (Å²) in [6.07, 6.45) is 3.85. The first-order valence-corrected chi connectivity index (χ1v) is 8.52. The molecule has 1 aliphatic rings. The SMILES string of the molecule is CCNCC1CCN(C(=O)CCCc2ccc(F)c(F)c2)CC1.Cl. The van der Waals surface area contributed by atoms with E-state index < -0.39 is 11.6 Å². The summed E-state index contributed by atoms with van der Waals surface area (Å²) in [4.78, 5) is 14.1. The predicted octanol–water partition coefficient (Wildman–Crippen LogP) is 3.56.